The van der Waals surface area contributed by atoms with E-state index in [4.69, 9.17) is 0 Å². The third-order valence-corrected chi connectivity index (χ3v) is 3.59. The Morgan fingerprint density at radius 1 is 1.47 bits per heavy atom. The molecule has 2 rings (SSSR count). The highest BCUT2D eigenvalue weighted by Crippen LogP contribution is 2.22. The van der Waals surface area contributed by atoms with E-state index in [9.17, 15) is 9.90 Å². The standard InChI is InChI=1S/C13H12IN3O2/c1-2-9(18)11-10(14)12(17-16-11)13(19)15-8-6-4-3-5-7-8/h2-7,9,18H,1H2,(H,15,19)(H,16,17). The van der Waals surface area contributed by atoms with E-state index in [0.717, 1.165) is 0 Å². The summed E-state index contributed by atoms with van der Waals surface area (Å²) in [7, 11) is 0. The molecule has 0 radical (unpaired) electrons. The minimum Gasteiger partial charge on any atom is -0.383 e. The molecule has 0 bridgehead atoms. The fourth-order valence-electron chi connectivity index (χ4n) is 1.52. The van der Waals surface area contributed by atoms with Crippen molar-refractivity contribution >= 4 is 34.2 Å². The third-order valence-electron chi connectivity index (χ3n) is 2.50. The van der Waals surface area contributed by atoms with E-state index in [0.29, 0.717) is 15.0 Å². The number of rotatable bonds is 4. The van der Waals surface area contributed by atoms with E-state index in [1.54, 1.807) is 12.1 Å². The van der Waals surface area contributed by atoms with Gasteiger partial charge in [0.15, 0.2) is 5.69 Å². The summed E-state index contributed by atoms with van der Waals surface area (Å²) in [5.41, 5.74) is 1.41. The quantitative estimate of drug-likeness (QED) is 0.573. The molecule has 1 unspecified atom stereocenters. The summed E-state index contributed by atoms with van der Waals surface area (Å²) in [6, 6.07) is 9.11. The lowest BCUT2D eigenvalue weighted by Gasteiger charge is -2.04. The Labute approximate surface area is 123 Å². The number of aliphatic hydroxyl groups is 1. The van der Waals surface area contributed by atoms with Crippen molar-refractivity contribution < 1.29 is 9.90 Å². The minimum absolute atomic E-state index is 0.250. The van der Waals surface area contributed by atoms with Crippen molar-refractivity contribution in [1.82, 2.24) is 10.2 Å². The molecule has 6 heteroatoms. The van der Waals surface area contributed by atoms with Gasteiger partial charge < -0.3 is 10.4 Å². The monoisotopic (exact) mass is 369 g/mol. The molecular formula is C13H12IN3O2. The topological polar surface area (TPSA) is 78.0 Å². The molecule has 0 aliphatic carbocycles. The molecule has 5 nitrogen and oxygen atoms in total. The lowest BCUT2D eigenvalue weighted by molar-refractivity contribution is 0.102. The second-order valence-electron chi connectivity index (χ2n) is 3.80. The molecule has 0 saturated heterocycles. The number of amides is 1. The number of carbonyl (C=O) groups excluding carboxylic acids is 1. The van der Waals surface area contributed by atoms with Crippen LogP contribution in [-0.2, 0) is 0 Å². The van der Waals surface area contributed by atoms with Crippen LogP contribution in [0, 0.1) is 3.57 Å². The van der Waals surface area contributed by atoms with Crippen molar-refractivity contribution in [2.45, 2.75) is 6.10 Å². The fourth-order valence-corrected chi connectivity index (χ4v) is 2.32. The van der Waals surface area contributed by atoms with E-state index < -0.39 is 6.10 Å². The predicted molar refractivity (Wildman–Crippen MR) is 80.9 cm³/mol. The fraction of sp³-hybridized carbons (Fsp3) is 0.0769. The number of nitrogens with one attached hydrogen (secondary N) is 2. The third kappa shape index (κ3) is 3.02. The lowest BCUT2D eigenvalue weighted by atomic mass is 10.2. The van der Waals surface area contributed by atoms with E-state index in [2.05, 4.69) is 22.1 Å². The minimum atomic E-state index is -0.863. The Morgan fingerprint density at radius 3 is 2.79 bits per heavy atom. The Kier molecular flexibility index (Phi) is 4.33. The summed E-state index contributed by atoms with van der Waals surface area (Å²) < 4.78 is 0.582. The van der Waals surface area contributed by atoms with Crippen LogP contribution in [0.15, 0.2) is 43.0 Å². The molecule has 1 aromatic carbocycles. The first-order valence-corrected chi connectivity index (χ1v) is 6.62. The molecule has 0 saturated carbocycles. The van der Waals surface area contributed by atoms with E-state index in [-0.39, 0.29) is 11.6 Å². The van der Waals surface area contributed by atoms with Gasteiger partial charge in [-0.1, -0.05) is 24.3 Å². The number of nitrogens with zero attached hydrogens (tertiary/aromatic N) is 1. The molecule has 1 atom stereocenters. The number of anilines is 1. The number of hydrogen-bond donors (Lipinski definition) is 3. The van der Waals surface area contributed by atoms with Gasteiger partial charge in [0, 0.05) is 5.69 Å². The summed E-state index contributed by atoms with van der Waals surface area (Å²) in [5, 5.41) is 19.0. The number of hydrogen-bond acceptors (Lipinski definition) is 3. The highest BCUT2D eigenvalue weighted by Gasteiger charge is 2.20. The highest BCUT2D eigenvalue weighted by molar-refractivity contribution is 14.1. The number of benzene rings is 1. The summed E-state index contributed by atoms with van der Waals surface area (Å²) in [5.74, 6) is -0.325. The molecule has 3 N–H and O–H groups in total. The van der Waals surface area contributed by atoms with Gasteiger partial charge in [-0.2, -0.15) is 5.10 Å². The van der Waals surface area contributed by atoms with Crippen LogP contribution in [0.5, 0.6) is 0 Å². The van der Waals surface area contributed by atoms with Crippen LogP contribution < -0.4 is 5.32 Å². The highest BCUT2D eigenvalue weighted by atomic mass is 127. The molecule has 1 amide bonds. The van der Waals surface area contributed by atoms with Gasteiger partial charge in [0.25, 0.3) is 5.91 Å². The zero-order valence-corrected chi connectivity index (χ0v) is 12.1. The van der Waals surface area contributed by atoms with Crippen molar-refractivity contribution in [3.05, 3.63) is 57.9 Å². The maximum Gasteiger partial charge on any atom is 0.277 e. The van der Waals surface area contributed by atoms with Gasteiger partial charge in [0.05, 0.1) is 9.26 Å². The van der Waals surface area contributed by atoms with Crippen LogP contribution in [0.2, 0.25) is 0 Å². The first-order valence-electron chi connectivity index (χ1n) is 5.54. The molecule has 0 aliphatic heterocycles. The number of aromatic amines is 1. The molecule has 0 fully saturated rings. The maximum absolute atomic E-state index is 12.1. The van der Waals surface area contributed by atoms with Gasteiger partial charge in [0.1, 0.15) is 6.10 Å². The van der Waals surface area contributed by atoms with E-state index in [1.807, 2.05) is 40.8 Å². The average molecular weight is 369 g/mol. The Hall–Kier alpha value is -1.67. The summed E-state index contributed by atoms with van der Waals surface area (Å²) in [6.45, 7) is 3.50. The van der Waals surface area contributed by atoms with Crippen molar-refractivity contribution in [2.24, 2.45) is 0 Å². The predicted octanol–water partition coefficient (Wildman–Crippen LogP) is 2.49. The number of carbonyl (C=O) groups is 1. The smallest absolute Gasteiger partial charge is 0.277 e. The maximum atomic E-state index is 12.1. The number of para-hydroxylation sites is 1. The zero-order chi connectivity index (χ0) is 13.8. The van der Waals surface area contributed by atoms with Crippen LogP contribution in [0.25, 0.3) is 0 Å². The number of halogens is 1. The van der Waals surface area contributed by atoms with E-state index in [1.165, 1.54) is 6.08 Å². The molecule has 0 spiro atoms. The Balaban J connectivity index is 2.21. The van der Waals surface area contributed by atoms with E-state index >= 15 is 0 Å². The van der Waals surface area contributed by atoms with Crippen LogP contribution in [0.3, 0.4) is 0 Å². The molecule has 19 heavy (non-hydrogen) atoms. The van der Waals surface area contributed by atoms with Crippen LogP contribution in [0.1, 0.15) is 22.3 Å². The van der Waals surface area contributed by atoms with Gasteiger partial charge in [0.2, 0.25) is 0 Å². The van der Waals surface area contributed by atoms with Crippen molar-refractivity contribution in [3.8, 4) is 0 Å². The molecule has 1 heterocycles. The number of H-pyrrole nitrogens is 1. The average Bonchev–Trinajstić information content (AvgIpc) is 2.81. The molecule has 98 valence electrons. The summed E-state index contributed by atoms with van der Waals surface area (Å²) in [6.07, 6.45) is 0.506. The zero-order valence-electron chi connectivity index (χ0n) is 9.93. The summed E-state index contributed by atoms with van der Waals surface area (Å²) >= 11 is 1.97. The van der Waals surface area contributed by atoms with Crippen LogP contribution >= 0.6 is 22.6 Å². The second-order valence-corrected chi connectivity index (χ2v) is 4.88. The van der Waals surface area contributed by atoms with Gasteiger partial charge in [-0.25, -0.2) is 0 Å². The van der Waals surface area contributed by atoms with Crippen molar-refractivity contribution in [2.75, 3.05) is 5.32 Å². The first-order chi connectivity index (χ1) is 9.13. The van der Waals surface area contributed by atoms with Crippen LogP contribution in [-0.4, -0.2) is 21.2 Å². The Morgan fingerprint density at radius 2 is 2.16 bits per heavy atom. The number of aliphatic hydroxyl groups excluding tert-OH is 1. The summed E-state index contributed by atoms with van der Waals surface area (Å²) in [4.78, 5) is 12.1. The van der Waals surface area contributed by atoms with Gasteiger partial charge in [-0.15, -0.1) is 6.58 Å². The second kappa shape index (κ2) is 5.98. The number of aromatic nitrogens is 2. The van der Waals surface area contributed by atoms with Crippen molar-refractivity contribution in [1.29, 1.82) is 0 Å². The van der Waals surface area contributed by atoms with Gasteiger partial charge in [-0.3, -0.25) is 9.89 Å². The lowest BCUT2D eigenvalue weighted by Crippen LogP contribution is -2.13. The normalized spacial score (nSPS) is 11.9. The van der Waals surface area contributed by atoms with Gasteiger partial charge >= 0.3 is 0 Å². The molecule has 0 aliphatic rings. The van der Waals surface area contributed by atoms with Crippen molar-refractivity contribution in [3.63, 3.8) is 0 Å². The molecule has 2 aromatic rings. The SMILES string of the molecule is C=CC(O)c1[nH]nc(C(=O)Nc2ccccc2)c1I. The van der Waals surface area contributed by atoms with Gasteiger partial charge in [-0.05, 0) is 34.7 Å². The largest absolute Gasteiger partial charge is 0.383 e. The van der Waals surface area contributed by atoms with Crippen LogP contribution in [0.4, 0.5) is 5.69 Å². The first kappa shape index (κ1) is 13.8. The molecular weight excluding hydrogens is 357 g/mol. The Bertz CT molecular complexity index is 595. The molecule has 1 aromatic heterocycles.